The van der Waals surface area contributed by atoms with Crippen LogP contribution in [0.2, 0.25) is 0 Å². The number of amides is 2. The molecule has 3 N–H and O–H groups in total. The van der Waals surface area contributed by atoms with Gasteiger partial charge in [0.15, 0.2) is 0 Å². The molecule has 9 heteroatoms. The van der Waals surface area contributed by atoms with Gasteiger partial charge in [-0.1, -0.05) is 0 Å². The van der Waals surface area contributed by atoms with Crippen molar-refractivity contribution >= 4 is 29.3 Å². The fourth-order valence-corrected chi connectivity index (χ4v) is 3.17. The first-order valence-electron chi connectivity index (χ1n) is 7.18. The molecule has 2 rings (SSSR count). The number of nitrogens with two attached hydrogens (primary N) is 1. The Hall–Kier alpha value is -2.13. The van der Waals surface area contributed by atoms with Crippen molar-refractivity contribution in [3.05, 3.63) is 33.9 Å². The Morgan fingerprint density at radius 1 is 1.35 bits per heavy atom. The molecule has 1 saturated heterocycles. The maximum atomic E-state index is 12.2. The fraction of sp³-hybridized carbons (Fsp3) is 0.429. The summed E-state index contributed by atoms with van der Waals surface area (Å²) in [5.41, 5.74) is 5.00. The van der Waals surface area contributed by atoms with E-state index in [0.717, 1.165) is 37.3 Å². The topological polar surface area (TPSA) is 119 Å². The van der Waals surface area contributed by atoms with Crippen LogP contribution in [-0.2, 0) is 4.79 Å². The number of nitro groups is 1. The summed E-state index contributed by atoms with van der Waals surface area (Å²) in [6, 6.07) is 4.03. The minimum absolute atomic E-state index is 0.0491. The van der Waals surface area contributed by atoms with Gasteiger partial charge in [-0.2, -0.15) is 0 Å². The summed E-state index contributed by atoms with van der Waals surface area (Å²) >= 11 is 1.10. The number of nitrogens with one attached hydrogen (secondary N) is 1. The molecule has 0 bridgehead atoms. The molecule has 0 unspecified atom stereocenters. The maximum Gasteiger partial charge on any atom is 0.283 e. The van der Waals surface area contributed by atoms with E-state index in [1.54, 1.807) is 4.90 Å². The smallest absolute Gasteiger partial charge is 0.283 e. The molecular weight excluding hydrogens is 320 g/mol. The average molecular weight is 338 g/mol. The zero-order valence-corrected chi connectivity index (χ0v) is 13.3. The highest BCUT2D eigenvalue weighted by Crippen LogP contribution is 2.30. The Labute approximate surface area is 137 Å². The number of benzene rings is 1. The Morgan fingerprint density at radius 3 is 2.83 bits per heavy atom. The van der Waals surface area contributed by atoms with Crippen molar-refractivity contribution in [2.45, 2.75) is 11.3 Å². The van der Waals surface area contributed by atoms with Gasteiger partial charge in [-0.15, -0.1) is 11.8 Å². The van der Waals surface area contributed by atoms with Crippen molar-refractivity contribution in [3.63, 3.8) is 0 Å². The van der Waals surface area contributed by atoms with E-state index in [2.05, 4.69) is 5.32 Å². The number of nitro benzene ring substituents is 1. The zero-order valence-electron chi connectivity index (χ0n) is 12.5. The second kappa shape index (κ2) is 7.93. The van der Waals surface area contributed by atoms with Crippen LogP contribution in [-0.4, -0.2) is 53.6 Å². The minimum Gasteiger partial charge on any atom is -0.366 e. The highest BCUT2D eigenvalue weighted by atomic mass is 32.2. The molecule has 0 aromatic heterocycles. The zero-order chi connectivity index (χ0) is 16.8. The van der Waals surface area contributed by atoms with Gasteiger partial charge in [0.05, 0.1) is 15.6 Å². The van der Waals surface area contributed by atoms with E-state index in [1.165, 1.54) is 12.1 Å². The van der Waals surface area contributed by atoms with Gasteiger partial charge in [0.25, 0.3) is 5.69 Å². The second-order valence-electron chi connectivity index (χ2n) is 5.08. The van der Waals surface area contributed by atoms with Gasteiger partial charge in [-0.3, -0.25) is 19.7 Å². The van der Waals surface area contributed by atoms with Crippen LogP contribution >= 0.6 is 11.8 Å². The van der Waals surface area contributed by atoms with Crippen LogP contribution in [0.3, 0.4) is 0 Å². The van der Waals surface area contributed by atoms with E-state index in [1.807, 2.05) is 0 Å². The van der Waals surface area contributed by atoms with Crippen molar-refractivity contribution in [2.75, 3.05) is 31.9 Å². The van der Waals surface area contributed by atoms with Crippen LogP contribution in [0.4, 0.5) is 5.69 Å². The fourth-order valence-electron chi connectivity index (χ4n) is 2.26. The molecule has 2 amide bonds. The lowest BCUT2D eigenvalue weighted by atomic mass is 10.2. The van der Waals surface area contributed by atoms with Gasteiger partial charge in [0, 0.05) is 31.3 Å². The molecule has 1 heterocycles. The second-order valence-corrected chi connectivity index (χ2v) is 6.09. The third-order valence-electron chi connectivity index (χ3n) is 3.48. The van der Waals surface area contributed by atoms with Crippen LogP contribution < -0.4 is 11.1 Å². The Morgan fingerprint density at radius 2 is 2.13 bits per heavy atom. The largest absolute Gasteiger partial charge is 0.366 e. The van der Waals surface area contributed by atoms with E-state index in [-0.39, 0.29) is 22.9 Å². The standard InChI is InChI=1S/C14H18N4O4S/c15-14(20)10-2-3-12(11(8-10)18(21)22)23-9-13(19)17-6-1-4-16-5-7-17/h2-3,8,16H,1,4-7,9H2,(H2,15,20). The summed E-state index contributed by atoms with van der Waals surface area (Å²) in [6.45, 7) is 2.97. The molecule has 0 radical (unpaired) electrons. The maximum absolute atomic E-state index is 12.2. The van der Waals surface area contributed by atoms with Gasteiger partial charge in [-0.05, 0) is 25.1 Å². The summed E-state index contributed by atoms with van der Waals surface area (Å²) in [6.07, 6.45) is 0.893. The van der Waals surface area contributed by atoms with Gasteiger partial charge in [0.2, 0.25) is 11.8 Å². The lowest BCUT2D eigenvalue weighted by molar-refractivity contribution is -0.387. The van der Waals surface area contributed by atoms with E-state index < -0.39 is 10.8 Å². The van der Waals surface area contributed by atoms with Crippen LogP contribution in [0.1, 0.15) is 16.8 Å². The Balaban J connectivity index is 2.05. The molecule has 1 aliphatic heterocycles. The first-order chi connectivity index (χ1) is 11.0. The molecule has 0 aliphatic carbocycles. The molecule has 0 atom stereocenters. The quantitative estimate of drug-likeness (QED) is 0.461. The molecule has 1 aromatic rings. The molecule has 1 aromatic carbocycles. The monoisotopic (exact) mass is 338 g/mol. The van der Waals surface area contributed by atoms with Gasteiger partial charge in [0.1, 0.15) is 0 Å². The number of carbonyl (C=O) groups excluding carboxylic acids is 2. The normalized spacial score (nSPS) is 15.0. The molecule has 124 valence electrons. The van der Waals surface area contributed by atoms with E-state index in [0.29, 0.717) is 18.0 Å². The number of primary amides is 1. The summed E-state index contributed by atoms with van der Waals surface area (Å²) in [5, 5.41) is 14.3. The average Bonchev–Trinajstić information content (AvgIpc) is 2.81. The van der Waals surface area contributed by atoms with Crippen LogP contribution in [0.15, 0.2) is 23.1 Å². The molecule has 23 heavy (non-hydrogen) atoms. The van der Waals surface area contributed by atoms with Gasteiger partial charge in [-0.25, -0.2) is 0 Å². The van der Waals surface area contributed by atoms with Crippen molar-refractivity contribution in [2.24, 2.45) is 5.73 Å². The summed E-state index contributed by atoms with van der Waals surface area (Å²) in [4.78, 5) is 36.0. The number of rotatable bonds is 5. The Kier molecular flexibility index (Phi) is 5.94. The van der Waals surface area contributed by atoms with Gasteiger partial charge < -0.3 is 16.0 Å². The van der Waals surface area contributed by atoms with Crippen LogP contribution in [0.25, 0.3) is 0 Å². The molecule has 1 fully saturated rings. The van der Waals surface area contributed by atoms with Crippen LogP contribution in [0.5, 0.6) is 0 Å². The number of hydrogen-bond acceptors (Lipinski definition) is 6. The van der Waals surface area contributed by atoms with E-state index in [9.17, 15) is 19.7 Å². The number of thioether (sulfide) groups is 1. The third kappa shape index (κ3) is 4.67. The SMILES string of the molecule is NC(=O)c1ccc(SCC(=O)N2CCCNCC2)c([N+](=O)[O-])c1. The lowest BCUT2D eigenvalue weighted by Crippen LogP contribution is -2.35. The minimum atomic E-state index is -0.724. The number of hydrogen-bond donors (Lipinski definition) is 2. The number of carbonyl (C=O) groups is 2. The highest BCUT2D eigenvalue weighted by molar-refractivity contribution is 8.00. The van der Waals surface area contributed by atoms with Crippen molar-refractivity contribution in [1.82, 2.24) is 10.2 Å². The van der Waals surface area contributed by atoms with Crippen molar-refractivity contribution in [3.8, 4) is 0 Å². The summed E-state index contributed by atoms with van der Waals surface area (Å²) in [7, 11) is 0. The predicted molar refractivity (Wildman–Crippen MR) is 86.4 cm³/mol. The van der Waals surface area contributed by atoms with E-state index >= 15 is 0 Å². The highest BCUT2D eigenvalue weighted by Gasteiger charge is 2.20. The van der Waals surface area contributed by atoms with Crippen molar-refractivity contribution < 1.29 is 14.5 Å². The molecule has 1 aliphatic rings. The van der Waals surface area contributed by atoms with Gasteiger partial charge >= 0.3 is 0 Å². The van der Waals surface area contributed by atoms with Crippen LogP contribution in [0, 0.1) is 10.1 Å². The van der Waals surface area contributed by atoms with E-state index in [4.69, 9.17) is 5.73 Å². The summed E-state index contributed by atoms with van der Waals surface area (Å²) in [5.74, 6) is -0.652. The first-order valence-corrected chi connectivity index (χ1v) is 8.17. The number of nitrogens with zero attached hydrogens (tertiary/aromatic N) is 2. The molecule has 0 spiro atoms. The summed E-state index contributed by atoms with van der Waals surface area (Å²) < 4.78 is 0. The predicted octanol–water partition coefficient (Wildman–Crippen LogP) is 0.608. The first kappa shape index (κ1) is 17.2. The van der Waals surface area contributed by atoms with Crippen molar-refractivity contribution in [1.29, 1.82) is 0 Å². The Bertz CT molecular complexity index is 615. The molecule has 8 nitrogen and oxygen atoms in total. The molecular formula is C14H18N4O4S. The molecule has 0 saturated carbocycles. The third-order valence-corrected chi connectivity index (χ3v) is 4.53. The lowest BCUT2D eigenvalue weighted by Gasteiger charge is -2.19.